The van der Waals surface area contributed by atoms with Crippen LogP contribution in [0.4, 0.5) is 5.95 Å². The lowest BCUT2D eigenvalue weighted by molar-refractivity contribution is 0.821. The van der Waals surface area contributed by atoms with Crippen LogP contribution in [-0.2, 0) is 0 Å². The predicted octanol–water partition coefficient (Wildman–Crippen LogP) is 1.06. The highest BCUT2D eigenvalue weighted by atomic mass is 79.9. The van der Waals surface area contributed by atoms with Gasteiger partial charge in [0.25, 0.3) is 0 Å². The largest absolute Gasteiger partial charge is 0.366 e. The fourth-order valence-corrected chi connectivity index (χ4v) is 1.52. The molecule has 0 saturated carbocycles. The van der Waals surface area contributed by atoms with Crippen LogP contribution in [0.25, 0.3) is 5.82 Å². The van der Waals surface area contributed by atoms with Crippen LogP contribution in [0.3, 0.4) is 0 Å². The molecule has 0 aliphatic rings. The second-order valence-corrected chi connectivity index (χ2v) is 3.46. The van der Waals surface area contributed by atoms with Crippen LogP contribution in [0.2, 0.25) is 5.02 Å². The molecular weight excluding hydrogens is 271 g/mol. The Kier molecular flexibility index (Phi) is 2.34. The number of nitrogens with two attached hydrogens (primary N) is 1. The number of hydrogen-bond acceptors (Lipinski definition) is 5. The van der Waals surface area contributed by atoms with Crippen molar-refractivity contribution < 1.29 is 0 Å². The Morgan fingerprint density at radius 2 is 2.29 bits per heavy atom. The molecule has 0 aliphatic carbocycles. The summed E-state index contributed by atoms with van der Waals surface area (Å²) in [6.45, 7) is 0. The van der Waals surface area contributed by atoms with E-state index in [2.05, 4.69) is 36.0 Å². The number of anilines is 1. The molecule has 0 unspecified atom stereocenters. The number of aromatic nitrogens is 5. The highest BCUT2D eigenvalue weighted by Gasteiger charge is 2.11. The molecule has 2 N–H and O–H groups in total. The summed E-state index contributed by atoms with van der Waals surface area (Å²) in [4.78, 5) is 11.6. The molecule has 2 aromatic rings. The SMILES string of the molecule is Nc1nc(Br)n(-c2ncncc2Cl)n1. The highest BCUT2D eigenvalue weighted by Crippen LogP contribution is 2.19. The van der Waals surface area contributed by atoms with Gasteiger partial charge >= 0.3 is 0 Å². The van der Waals surface area contributed by atoms with Gasteiger partial charge in [-0.15, -0.1) is 5.10 Å². The summed E-state index contributed by atoms with van der Waals surface area (Å²) >= 11 is 9.04. The topological polar surface area (TPSA) is 82.5 Å². The molecule has 0 radical (unpaired) electrons. The molecule has 0 atom stereocenters. The minimum atomic E-state index is 0.145. The molecule has 14 heavy (non-hydrogen) atoms. The van der Waals surface area contributed by atoms with Gasteiger partial charge in [-0.25, -0.2) is 9.97 Å². The second-order valence-electron chi connectivity index (χ2n) is 2.35. The van der Waals surface area contributed by atoms with E-state index in [0.29, 0.717) is 15.6 Å². The summed E-state index contributed by atoms with van der Waals surface area (Å²) in [5, 5.41) is 4.28. The number of halogens is 2. The molecule has 0 aliphatic heterocycles. The summed E-state index contributed by atoms with van der Waals surface area (Å²) in [6.07, 6.45) is 2.83. The first-order valence-corrected chi connectivity index (χ1v) is 4.69. The van der Waals surface area contributed by atoms with E-state index in [0.717, 1.165) is 0 Å². The molecule has 0 bridgehead atoms. The lowest BCUT2D eigenvalue weighted by atomic mass is 10.6. The molecule has 6 nitrogen and oxygen atoms in total. The lowest BCUT2D eigenvalue weighted by Crippen LogP contribution is -2.01. The van der Waals surface area contributed by atoms with Gasteiger partial charge < -0.3 is 5.73 Å². The number of nitrogen functional groups attached to an aromatic ring is 1. The molecule has 0 saturated heterocycles. The summed E-state index contributed by atoms with van der Waals surface area (Å²) in [5.74, 6) is 0.573. The predicted molar refractivity (Wildman–Crippen MR) is 54.1 cm³/mol. The first kappa shape index (κ1) is 9.35. The fourth-order valence-electron chi connectivity index (χ4n) is 0.905. The van der Waals surface area contributed by atoms with Crippen molar-refractivity contribution in [2.24, 2.45) is 0 Å². The van der Waals surface area contributed by atoms with Crippen LogP contribution >= 0.6 is 27.5 Å². The van der Waals surface area contributed by atoms with Crippen molar-refractivity contribution in [3.8, 4) is 5.82 Å². The normalized spacial score (nSPS) is 10.4. The molecular formula is C6H4BrClN6. The van der Waals surface area contributed by atoms with Crippen molar-refractivity contribution in [1.29, 1.82) is 0 Å². The standard InChI is InChI=1S/C6H4BrClN6/c7-5-12-6(9)13-14(5)4-3(8)1-10-2-11-4/h1-2H,(H2,9,13). The van der Waals surface area contributed by atoms with Crippen LogP contribution in [0.1, 0.15) is 0 Å². The van der Waals surface area contributed by atoms with Gasteiger partial charge in [0.2, 0.25) is 10.7 Å². The van der Waals surface area contributed by atoms with Crippen molar-refractivity contribution >= 4 is 33.5 Å². The Hall–Kier alpha value is -1.21. The monoisotopic (exact) mass is 274 g/mol. The zero-order valence-corrected chi connectivity index (χ0v) is 9.07. The van der Waals surface area contributed by atoms with Crippen molar-refractivity contribution in [3.63, 3.8) is 0 Å². The van der Waals surface area contributed by atoms with E-state index in [4.69, 9.17) is 17.3 Å². The molecule has 8 heteroatoms. The smallest absolute Gasteiger partial charge is 0.240 e. The molecule has 0 amide bonds. The molecule has 72 valence electrons. The van der Waals surface area contributed by atoms with Gasteiger partial charge in [0.05, 0.1) is 6.20 Å². The Morgan fingerprint density at radius 3 is 2.86 bits per heavy atom. The van der Waals surface area contributed by atoms with E-state index in [1.54, 1.807) is 0 Å². The van der Waals surface area contributed by atoms with Crippen LogP contribution in [0.5, 0.6) is 0 Å². The molecule has 2 heterocycles. The van der Waals surface area contributed by atoms with Gasteiger partial charge in [0, 0.05) is 0 Å². The summed E-state index contributed by atoms with van der Waals surface area (Å²) in [6, 6.07) is 0. The average Bonchev–Trinajstić information content (AvgIpc) is 2.46. The van der Waals surface area contributed by atoms with Crippen molar-refractivity contribution in [2.45, 2.75) is 0 Å². The van der Waals surface area contributed by atoms with E-state index in [1.807, 2.05) is 0 Å². The molecule has 0 fully saturated rings. The van der Waals surface area contributed by atoms with E-state index < -0.39 is 0 Å². The third-order valence-electron chi connectivity index (χ3n) is 1.43. The summed E-state index contributed by atoms with van der Waals surface area (Å²) in [5.41, 5.74) is 5.41. The van der Waals surface area contributed by atoms with Gasteiger partial charge in [0.15, 0.2) is 5.82 Å². The third kappa shape index (κ3) is 1.55. The maximum absolute atomic E-state index is 5.86. The minimum absolute atomic E-state index is 0.145. The van der Waals surface area contributed by atoms with Crippen LogP contribution in [-0.4, -0.2) is 24.7 Å². The Labute approximate surface area is 92.3 Å². The minimum Gasteiger partial charge on any atom is -0.366 e. The first-order valence-electron chi connectivity index (χ1n) is 3.52. The van der Waals surface area contributed by atoms with Gasteiger partial charge in [-0.2, -0.15) is 9.67 Å². The van der Waals surface area contributed by atoms with Crippen molar-refractivity contribution in [3.05, 3.63) is 22.3 Å². The maximum atomic E-state index is 5.86. The lowest BCUT2D eigenvalue weighted by Gasteiger charge is -2.00. The number of hydrogen-bond donors (Lipinski definition) is 1. The molecule has 0 spiro atoms. The van der Waals surface area contributed by atoms with Gasteiger partial charge in [-0.05, 0) is 15.9 Å². The molecule has 2 rings (SSSR count). The van der Waals surface area contributed by atoms with Crippen LogP contribution < -0.4 is 5.73 Å². The zero-order valence-electron chi connectivity index (χ0n) is 6.72. The Bertz CT molecular complexity index is 469. The maximum Gasteiger partial charge on any atom is 0.240 e. The number of nitrogens with zero attached hydrogens (tertiary/aromatic N) is 5. The van der Waals surface area contributed by atoms with Crippen molar-refractivity contribution in [1.82, 2.24) is 24.7 Å². The summed E-state index contributed by atoms with van der Waals surface area (Å²) in [7, 11) is 0. The molecule has 0 aromatic carbocycles. The van der Waals surface area contributed by atoms with E-state index in [-0.39, 0.29) is 5.95 Å². The zero-order chi connectivity index (χ0) is 10.1. The van der Waals surface area contributed by atoms with Crippen molar-refractivity contribution in [2.75, 3.05) is 5.73 Å². The third-order valence-corrected chi connectivity index (χ3v) is 2.21. The van der Waals surface area contributed by atoms with Crippen LogP contribution in [0, 0.1) is 0 Å². The second kappa shape index (κ2) is 3.50. The first-order chi connectivity index (χ1) is 6.68. The Balaban J connectivity index is 2.60. The van der Waals surface area contributed by atoms with Gasteiger partial charge in [-0.1, -0.05) is 11.6 Å². The van der Waals surface area contributed by atoms with Gasteiger partial charge in [-0.3, -0.25) is 0 Å². The van der Waals surface area contributed by atoms with E-state index in [1.165, 1.54) is 17.2 Å². The molecule has 2 aromatic heterocycles. The number of rotatable bonds is 1. The van der Waals surface area contributed by atoms with Crippen LogP contribution in [0.15, 0.2) is 17.3 Å². The van der Waals surface area contributed by atoms with Gasteiger partial charge in [0.1, 0.15) is 11.3 Å². The highest BCUT2D eigenvalue weighted by molar-refractivity contribution is 9.10. The average molecular weight is 275 g/mol. The van der Waals surface area contributed by atoms with E-state index >= 15 is 0 Å². The fraction of sp³-hybridized carbons (Fsp3) is 0. The Morgan fingerprint density at radius 1 is 1.50 bits per heavy atom. The van der Waals surface area contributed by atoms with E-state index in [9.17, 15) is 0 Å². The summed E-state index contributed by atoms with van der Waals surface area (Å²) < 4.78 is 1.83. The quantitative estimate of drug-likeness (QED) is 0.841.